The van der Waals surface area contributed by atoms with Crippen molar-refractivity contribution < 1.29 is 40.7 Å². The normalized spacial score (nSPS) is 20.8. The van der Waals surface area contributed by atoms with Gasteiger partial charge in [-0.3, -0.25) is 9.59 Å². The topological polar surface area (TPSA) is 49.9 Å². The van der Waals surface area contributed by atoms with Gasteiger partial charge >= 0.3 is 12.4 Å². The number of hydrogen-bond donors (Lipinski definition) is 0. The number of benzene rings is 2. The molecule has 2 aromatic carbocycles. The van der Waals surface area contributed by atoms with Crippen molar-refractivity contribution in [2.24, 2.45) is 5.92 Å². The largest absolute Gasteiger partial charge is 0.416 e. The molecule has 0 radical (unpaired) electrons. The van der Waals surface area contributed by atoms with E-state index in [1.165, 1.54) is 6.92 Å². The van der Waals surface area contributed by atoms with Gasteiger partial charge in [-0.2, -0.15) is 26.3 Å². The van der Waals surface area contributed by atoms with Crippen LogP contribution in [-0.2, 0) is 33.3 Å². The van der Waals surface area contributed by atoms with E-state index in [1.54, 1.807) is 9.80 Å². The van der Waals surface area contributed by atoms with Crippen molar-refractivity contribution in [3.05, 3.63) is 70.3 Å². The predicted molar refractivity (Wildman–Crippen MR) is 140 cm³/mol. The van der Waals surface area contributed by atoms with Crippen LogP contribution < -0.4 is 0 Å². The van der Waals surface area contributed by atoms with E-state index in [0.717, 1.165) is 24.0 Å². The third-order valence-electron chi connectivity index (χ3n) is 8.12. The smallest absolute Gasteiger partial charge is 0.373 e. The Hall–Kier alpha value is -3.08. The van der Waals surface area contributed by atoms with Crippen LogP contribution >= 0.6 is 0 Å². The van der Waals surface area contributed by atoms with Crippen LogP contribution in [0.5, 0.6) is 0 Å². The zero-order chi connectivity index (χ0) is 29.9. The summed E-state index contributed by atoms with van der Waals surface area (Å²) >= 11 is 0. The number of ether oxygens (including phenoxy) is 1. The van der Waals surface area contributed by atoms with Gasteiger partial charge in [-0.1, -0.05) is 24.3 Å². The van der Waals surface area contributed by atoms with Crippen LogP contribution in [0, 0.1) is 12.8 Å². The highest BCUT2D eigenvalue weighted by atomic mass is 19.4. The van der Waals surface area contributed by atoms with Crippen molar-refractivity contribution in [3.63, 3.8) is 0 Å². The van der Waals surface area contributed by atoms with E-state index >= 15 is 0 Å². The first-order valence-electron chi connectivity index (χ1n) is 13.7. The third kappa shape index (κ3) is 7.81. The lowest BCUT2D eigenvalue weighted by molar-refractivity contribution is -0.143. The second kappa shape index (κ2) is 12.4. The van der Waals surface area contributed by atoms with Crippen LogP contribution in [-0.4, -0.2) is 53.9 Å². The Morgan fingerprint density at radius 1 is 0.878 bits per heavy atom. The Bertz CT molecular complexity index is 1210. The fourth-order valence-corrected chi connectivity index (χ4v) is 5.79. The van der Waals surface area contributed by atoms with E-state index < -0.39 is 36.2 Å². The van der Waals surface area contributed by atoms with Crippen molar-refractivity contribution >= 4 is 11.8 Å². The molecule has 2 fully saturated rings. The van der Waals surface area contributed by atoms with Gasteiger partial charge in [-0.15, -0.1) is 0 Å². The molecule has 2 aliphatic rings. The average Bonchev–Trinajstić information content (AvgIpc) is 2.91. The molecule has 4 rings (SSSR count). The molecule has 2 atom stereocenters. The Morgan fingerprint density at radius 3 is 2.02 bits per heavy atom. The Balaban J connectivity index is 1.49. The summed E-state index contributed by atoms with van der Waals surface area (Å²) in [4.78, 5) is 28.4. The average molecular weight is 585 g/mol. The molecule has 0 N–H and O–H groups in total. The number of amides is 2. The van der Waals surface area contributed by atoms with Gasteiger partial charge in [-0.05, 0) is 67.0 Å². The molecule has 0 aliphatic carbocycles. The molecule has 5 nitrogen and oxygen atoms in total. The van der Waals surface area contributed by atoms with E-state index in [1.807, 2.05) is 31.2 Å². The molecule has 0 aromatic heterocycles. The van der Waals surface area contributed by atoms with Crippen molar-refractivity contribution in [2.75, 3.05) is 26.2 Å². The van der Waals surface area contributed by atoms with Crippen LogP contribution in [0.15, 0.2) is 42.5 Å². The summed E-state index contributed by atoms with van der Waals surface area (Å²) < 4.78 is 86.1. The molecule has 2 heterocycles. The molecule has 224 valence electrons. The SMILES string of the molecule is CC(=O)N1CCC(CC(=O)N2CC[C@H](OCc3cc(C(F)(F)F)cc(C(F)(F)F)c3)[C@H](c3ccccc3C)C2)CC1. The molecule has 2 aromatic rings. The lowest BCUT2D eigenvalue weighted by atomic mass is 9.84. The highest BCUT2D eigenvalue weighted by Crippen LogP contribution is 2.38. The summed E-state index contributed by atoms with van der Waals surface area (Å²) in [5.74, 6) is -0.109. The maximum atomic E-state index is 13.3. The summed E-state index contributed by atoms with van der Waals surface area (Å²) in [6.45, 7) is 4.97. The van der Waals surface area contributed by atoms with Crippen molar-refractivity contribution in [1.82, 2.24) is 9.80 Å². The van der Waals surface area contributed by atoms with Crippen LogP contribution in [0.2, 0.25) is 0 Å². The summed E-state index contributed by atoms with van der Waals surface area (Å²) in [6, 6.07) is 9.03. The number of carbonyl (C=O) groups excluding carboxylic acids is 2. The van der Waals surface area contributed by atoms with Gasteiger partial charge in [0.1, 0.15) is 0 Å². The summed E-state index contributed by atoms with van der Waals surface area (Å²) in [7, 11) is 0. The molecule has 0 spiro atoms. The summed E-state index contributed by atoms with van der Waals surface area (Å²) in [6.07, 6.45) is -8.13. The second-order valence-electron chi connectivity index (χ2n) is 11.0. The van der Waals surface area contributed by atoms with Crippen LogP contribution in [0.3, 0.4) is 0 Å². The molecule has 2 saturated heterocycles. The van der Waals surface area contributed by atoms with Gasteiger partial charge in [0.2, 0.25) is 11.8 Å². The first-order valence-corrected chi connectivity index (χ1v) is 13.7. The Kier molecular flexibility index (Phi) is 9.35. The standard InChI is InChI=1S/C30H34F6N2O3/c1-19-5-3-4-6-25(19)26-17-38(28(40)15-21-7-10-37(11-8-21)20(2)39)12-9-27(26)41-18-22-13-23(29(31,32)33)16-24(14-22)30(34,35)36/h3-6,13-14,16,21,26-27H,7-12,15,17-18H2,1-2H3/t26-,27-/m0/s1. The van der Waals surface area contributed by atoms with Crippen molar-refractivity contribution in [1.29, 1.82) is 0 Å². The molecule has 2 aliphatic heterocycles. The Labute approximate surface area is 235 Å². The monoisotopic (exact) mass is 584 g/mol. The fourth-order valence-electron chi connectivity index (χ4n) is 5.79. The molecular formula is C30H34F6N2O3. The van der Waals surface area contributed by atoms with Crippen LogP contribution in [0.25, 0.3) is 0 Å². The van der Waals surface area contributed by atoms with Crippen molar-refractivity contribution in [3.8, 4) is 0 Å². The van der Waals surface area contributed by atoms with Gasteiger partial charge in [0.05, 0.1) is 23.8 Å². The molecule has 11 heteroatoms. The first-order chi connectivity index (χ1) is 19.2. The van der Waals surface area contributed by atoms with Crippen LogP contribution in [0.1, 0.15) is 66.3 Å². The fraction of sp³-hybridized carbons (Fsp3) is 0.533. The highest BCUT2D eigenvalue weighted by Gasteiger charge is 2.38. The molecule has 0 saturated carbocycles. The molecular weight excluding hydrogens is 550 g/mol. The first kappa shape index (κ1) is 30.9. The zero-order valence-corrected chi connectivity index (χ0v) is 23.0. The summed E-state index contributed by atoms with van der Waals surface area (Å²) in [5.41, 5.74) is -1.10. The van der Waals surface area contributed by atoms with E-state index in [-0.39, 0.29) is 35.3 Å². The lowest BCUT2D eigenvalue weighted by Crippen LogP contribution is -2.47. The third-order valence-corrected chi connectivity index (χ3v) is 8.12. The van der Waals surface area contributed by atoms with E-state index in [9.17, 15) is 35.9 Å². The molecule has 0 bridgehead atoms. The molecule has 41 heavy (non-hydrogen) atoms. The number of hydrogen-bond acceptors (Lipinski definition) is 3. The number of halogens is 6. The van der Waals surface area contributed by atoms with E-state index in [0.29, 0.717) is 51.2 Å². The van der Waals surface area contributed by atoms with Gasteiger partial charge in [0.25, 0.3) is 0 Å². The number of piperidine rings is 2. The van der Waals surface area contributed by atoms with E-state index in [2.05, 4.69) is 0 Å². The minimum absolute atomic E-state index is 0.00370. The maximum absolute atomic E-state index is 13.3. The maximum Gasteiger partial charge on any atom is 0.416 e. The lowest BCUT2D eigenvalue weighted by Gasteiger charge is -2.40. The zero-order valence-electron chi connectivity index (χ0n) is 23.0. The van der Waals surface area contributed by atoms with E-state index in [4.69, 9.17) is 4.74 Å². The summed E-state index contributed by atoms with van der Waals surface area (Å²) in [5, 5.41) is 0. The predicted octanol–water partition coefficient (Wildman–Crippen LogP) is 6.58. The number of nitrogens with zero attached hydrogens (tertiary/aromatic N) is 2. The number of likely N-dealkylation sites (tertiary alicyclic amines) is 2. The Morgan fingerprint density at radius 2 is 1.46 bits per heavy atom. The minimum Gasteiger partial charge on any atom is -0.373 e. The minimum atomic E-state index is -4.94. The van der Waals surface area contributed by atoms with Gasteiger partial charge in [0, 0.05) is 45.4 Å². The quantitative estimate of drug-likeness (QED) is 0.361. The number of aryl methyl sites for hydroxylation is 1. The van der Waals surface area contributed by atoms with Gasteiger partial charge in [0.15, 0.2) is 0 Å². The van der Waals surface area contributed by atoms with Crippen LogP contribution in [0.4, 0.5) is 26.3 Å². The second-order valence-corrected chi connectivity index (χ2v) is 11.0. The molecule has 0 unspecified atom stereocenters. The molecule has 2 amide bonds. The number of carbonyl (C=O) groups is 2. The van der Waals surface area contributed by atoms with Gasteiger partial charge < -0.3 is 14.5 Å². The van der Waals surface area contributed by atoms with Crippen molar-refractivity contribution in [2.45, 2.75) is 70.5 Å². The number of alkyl halides is 6. The highest BCUT2D eigenvalue weighted by molar-refractivity contribution is 5.77. The number of rotatable bonds is 6. The van der Waals surface area contributed by atoms with Gasteiger partial charge in [-0.25, -0.2) is 0 Å².